The van der Waals surface area contributed by atoms with Gasteiger partial charge >= 0.3 is 0 Å². The maximum atomic E-state index is 10.7. The summed E-state index contributed by atoms with van der Waals surface area (Å²) in [6.07, 6.45) is 5.15. The largest absolute Gasteiger partial charge is 0.300 e. The summed E-state index contributed by atoms with van der Waals surface area (Å²) in [5, 5.41) is 10.7. The summed E-state index contributed by atoms with van der Waals surface area (Å²) in [5.74, 6) is 0.893. The van der Waals surface area contributed by atoms with Crippen LogP contribution in [-0.4, -0.2) is 46.3 Å². The highest BCUT2D eigenvalue weighted by molar-refractivity contribution is 7.97. The van der Waals surface area contributed by atoms with Gasteiger partial charge in [-0.2, -0.15) is 0 Å². The molecule has 0 saturated carbocycles. The fraction of sp³-hybridized carbons (Fsp3) is 0.647. The van der Waals surface area contributed by atoms with Crippen LogP contribution in [0.3, 0.4) is 0 Å². The second kappa shape index (κ2) is 7.64. The molecule has 2 aliphatic rings. The number of piperidine rings is 2. The Morgan fingerprint density at radius 2 is 1.65 bits per heavy atom. The van der Waals surface area contributed by atoms with Crippen molar-refractivity contribution in [2.24, 2.45) is 5.92 Å². The van der Waals surface area contributed by atoms with Crippen molar-refractivity contribution in [3.63, 3.8) is 0 Å². The van der Waals surface area contributed by atoms with E-state index >= 15 is 0 Å². The monoisotopic (exact) mass is 335 g/mol. The number of nitro groups is 1. The van der Waals surface area contributed by atoms with Gasteiger partial charge in [0.15, 0.2) is 0 Å². The highest BCUT2D eigenvalue weighted by atomic mass is 32.2. The number of hydrogen-bond acceptors (Lipinski definition) is 5. The van der Waals surface area contributed by atoms with E-state index in [1.807, 2.05) is 12.1 Å². The van der Waals surface area contributed by atoms with Crippen LogP contribution >= 0.6 is 11.9 Å². The topological polar surface area (TPSA) is 49.6 Å². The van der Waals surface area contributed by atoms with Gasteiger partial charge in [-0.3, -0.25) is 10.1 Å². The highest BCUT2D eigenvalue weighted by Crippen LogP contribution is 2.30. The number of benzene rings is 1. The Kier molecular flexibility index (Phi) is 5.56. The van der Waals surface area contributed by atoms with E-state index in [9.17, 15) is 10.1 Å². The van der Waals surface area contributed by atoms with E-state index in [4.69, 9.17) is 0 Å². The fourth-order valence-electron chi connectivity index (χ4n) is 3.47. The molecule has 2 saturated heterocycles. The van der Waals surface area contributed by atoms with E-state index in [1.165, 1.54) is 38.8 Å². The Morgan fingerprint density at radius 1 is 1.04 bits per heavy atom. The molecule has 6 heteroatoms. The van der Waals surface area contributed by atoms with Gasteiger partial charge in [0, 0.05) is 36.2 Å². The maximum absolute atomic E-state index is 10.7. The van der Waals surface area contributed by atoms with Gasteiger partial charge in [-0.15, -0.1) is 0 Å². The molecule has 0 aromatic heterocycles. The predicted octanol–water partition coefficient (Wildman–Crippen LogP) is 3.80. The molecule has 0 unspecified atom stereocenters. The van der Waals surface area contributed by atoms with Crippen LogP contribution < -0.4 is 0 Å². The van der Waals surface area contributed by atoms with Gasteiger partial charge in [-0.25, -0.2) is 4.31 Å². The lowest BCUT2D eigenvalue weighted by Crippen LogP contribution is -2.46. The van der Waals surface area contributed by atoms with Crippen LogP contribution in [0.2, 0.25) is 0 Å². The molecule has 2 aliphatic heterocycles. The van der Waals surface area contributed by atoms with Crippen LogP contribution in [-0.2, 0) is 0 Å². The Morgan fingerprint density at radius 3 is 2.22 bits per heavy atom. The zero-order chi connectivity index (χ0) is 16.2. The SMILES string of the molecule is CC1CCN(C2CCN(Sc3ccc([N+](=O)[O-])cc3)CC2)CC1. The van der Waals surface area contributed by atoms with Gasteiger partial charge < -0.3 is 4.90 Å². The molecule has 23 heavy (non-hydrogen) atoms. The second-order valence-corrected chi connectivity index (χ2v) is 7.89. The second-order valence-electron chi connectivity index (χ2n) is 6.72. The van der Waals surface area contributed by atoms with E-state index in [-0.39, 0.29) is 10.6 Å². The Balaban J connectivity index is 1.46. The molecular formula is C17H25N3O2S. The number of hydrogen-bond donors (Lipinski definition) is 0. The molecule has 1 aromatic carbocycles. The lowest BCUT2D eigenvalue weighted by atomic mass is 9.95. The van der Waals surface area contributed by atoms with E-state index in [0.29, 0.717) is 0 Å². The lowest BCUT2D eigenvalue weighted by Gasteiger charge is -2.41. The zero-order valence-corrected chi connectivity index (χ0v) is 14.5. The molecule has 0 N–H and O–H groups in total. The predicted molar refractivity (Wildman–Crippen MR) is 93.5 cm³/mol. The third-order valence-electron chi connectivity index (χ3n) is 5.04. The summed E-state index contributed by atoms with van der Waals surface area (Å²) < 4.78 is 2.39. The van der Waals surface area contributed by atoms with Crippen molar-refractivity contribution in [2.75, 3.05) is 26.2 Å². The van der Waals surface area contributed by atoms with E-state index < -0.39 is 0 Å². The molecule has 0 bridgehead atoms. The molecule has 2 fully saturated rings. The van der Waals surface area contributed by atoms with Crippen LogP contribution in [0.5, 0.6) is 0 Å². The minimum absolute atomic E-state index is 0.160. The number of nitro benzene ring substituents is 1. The number of non-ortho nitro benzene ring substituents is 1. The number of nitrogens with zero attached hydrogens (tertiary/aromatic N) is 3. The van der Waals surface area contributed by atoms with Gasteiger partial charge in [0.05, 0.1) is 4.92 Å². The van der Waals surface area contributed by atoms with Crippen molar-refractivity contribution < 1.29 is 4.92 Å². The summed E-state index contributed by atoms with van der Waals surface area (Å²) in [6, 6.07) is 7.62. The van der Waals surface area contributed by atoms with Crippen molar-refractivity contribution in [1.82, 2.24) is 9.21 Å². The minimum atomic E-state index is -0.348. The maximum Gasteiger partial charge on any atom is 0.269 e. The molecule has 2 heterocycles. The number of rotatable bonds is 4. The van der Waals surface area contributed by atoms with Crippen molar-refractivity contribution in [3.05, 3.63) is 34.4 Å². The van der Waals surface area contributed by atoms with Crippen LogP contribution in [0.15, 0.2) is 29.2 Å². The van der Waals surface area contributed by atoms with Crippen molar-refractivity contribution in [2.45, 2.75) is 43.5 Å². The van der Waals surface area contributed by atoms with E-state index in [1.54, 1.807) is 24.1 Å². The lowest BCUT2D eigenvalue weighted by molar-refractivity contribution is -0.384. The fourth-order valence-corrected chi connectivity index (χ4v) is 4.42. The average Bonchev–Trinajstić information content (AvgIpc) is 2.57. The summed E-state index contributed by atoms with van der Waals surface area (Å²) in [4.78, 5) is 14.1. The standard InChI is InChI=1S/C17H25N3O2S/c1-14-6-10-18(11-7-14)15-8-12-19(13-9-15)23-17-4-2-16(3-5-17)20(21)22/h2-5,14-15H,6-13H2,1H3. The van der Waals surface area contributed by atoms with E-state index in [0.717, 1.165) is 29.9 Å². The normalized spacial score (nSPS) is 22.3. The summed E-state index contributed by atoms with van der Waals surface area (Å²) >= 11 is 1.73. The summed E-state index contributed by atoms with van der Waals surface area (Å²) in [5.41, 5.74) is 0.160. The number of likely N-dealkylation sites (tertiary alicyclic amines) is 1. The molecule has 0 aliphatic carbocycles. The third-order valence-corrected chi connectivity index (χ3v) is 6.15. The van der Waals surface area contributed by atoms with Gasteiger partial charge in [0.25, 0.3) is 5.69 Å². The highest BCUT2D eigenvalue weighted by Gasteiger charge is 2.27. The molecule has 5 nitrogen and oxygen atoms in total. The molecule has 3 rings (SSSR count). The zero-order valence-electron chi connectivity index (χ0n) is 13.7. The van der Waals surface area contributed by atoms with Crippen LogP contribution in [0.4, 0.5) is 5.69 Å². The van der Waals surface area contributed by atoms with Gasteiger partial charge in [0.1, 0.15) is 0 Å². The quantitative estimate of drug-likeness (QED) is 0.476. The minimum Gasteiger partial charge on any atom is -0.300 e. The first kappa shape index (κ1) is 16.7. The Hall–Kier alpha value is -1.11. The van der Waals surface area contributed by atoms with Crippen molar-refractivity contribution in [1.29, 1.82) is 0 Å². The van der Waals surface area contributed by atoms with Gasteiger partial charge in [0.2, 0.25) is 0 Å². The Bertz CT molecular complexity index is 521. The van der Waals surface area contributed by atoms with E-state index in [2.05, 4.69) is 16.1 Å². The summed E-state index contributed by atoms with van der Waals surface area (Å²) in [6.45, 7) is 7.08. The molecule has 0 radical (unpaired) electrons. The molecule has 0 amide bonds. The van der Waals surface area contributed by atoms with Gasteiger partial charge in [-0.05, 0) is 68.8 Å². The van der Waals surface area contributed by atoms with Crippen LogP contribution in [0.1, 0.15) is 32.6 Å². The smallest absolute Gasteiger partial charge is 0.269 e. The van der Waals surface area contributed by atoms with Gasteiger partial charge in [-0.1, -0.05) is 6.92 Å². The van der Waals surface area contributed by atoms with Crippen LogP contribution in [0, 0.1) is 16.0 Å². The molecule has 126 valence electrons. The van der Waals surface area contributed by atoms with Crippen molar-refractivity contribution in [3.8, 4) is 0 Å². The first-order chi connectivity index (χ1) is 11.1. The summed E-state index contributed by atoms with van der Waals surface area (Å²) in [7, 11) is 0. The Labute approximate surface area is 142 Å². The molecule has 0 atom stereocenters. The molecule has 1 aromatic rings. The third kappa shape index (κ3) is 4.46. The average molecular weight is 335 g/mol. The van der Waals surface area contributed by atoms with Crippen molar-refractivity contribution >= 4 is 17.6 Å². The van der Waals surface area contributed by atoms with Crippen LogP contribution in [0.25, 0.3) is 0 Å². The molecule has 0 spiro atoms. The first-order valence-corrected chi connectivity index (χ1v) is 9.30. The first-order valence-electron chi connectivity index (χ1n) is 8.53. The molecular weight excluding hydrogens is 310 g/mol.